The van der Waals surface area contributed by atoms with Crippen molar-refractivity contribution in [2.75, 3.05) is 7.05 Å². The molecule has 0 aliphatic carbocycles. The molecular formula is C16H20FNO3. The van der Waals surface area contributed by atoms with Crippen molar-refractivity contribution in [1.82, 2.24) is 4.90 Å². The third-order valence-corrected chi connectivity index (χ3v) is 3.54. The molecule has 5 heteroatoms. The number of rotatable bonds is 5. The first-order valence-corrected chi connectivity index (χ1v) is 6.71. The number of halogens is 1. The van der Waals surface area contributed by atoms with E-state index in [4.69, 9.17) is 5.11 Å². The van der Waals surface area contributed by atoms with Gasteiger partial charge >= 0.3 is 5.97 Å². The van der Waals surface area contributed by atoms with Gasteiger partial charge in [0.05, 0.1) is 5.56 Å². The molecule has 0 radical (unpaired) electrons. The molecule has 1 N–H and O–H groups in total. The molecule has 1 atom stereocenters. The van der Waals surface area contributed by atoms with Crippen molar-refractivity contribution in [3.05, 3.63) is 41.2 Å². The number of amides is 1. The zero-order valence-electron chi connectivity index (χ0n) is 12.6. The number of carboxylic acid groups (broad SMARTS) is 1. The lowest BCUT2D eigenvalue weighted by atomic mass is 10.0. The molecule has 0 fully saturated rings. The molecule has 1 unspecified atom stereocenters. The van der Waals surface area contributed by atoms with Crippen LogP contribution < -0.4 is 0 Å². The summed E-state index contributed by atoms with van der Waals surface area (Å²) in [4.78, 5) is 24.3. The number of hydrogen-bond donors (Lipinski definition) is 1. The standard InChI is InChI=1S/C16H20FNO3/c1-10(2)11(3)18(4)16(21)13-9-12(5-7-14(13)17)6-8-15(19)20/h5-11H,1-4H3,(H,19,20). The minimum atomic E-state index is -1.10. The van der Waals surface area contributed by atoms with Gasteiger partial charge in [-0.2, -0.15) is 0 Å². The normalized spacial score (nSPS) is 12.7. The molecule has 114 valence electrons. The summed E-state index contributed by atoms with van der Waals surface area (Å²) in [6.45, 7) is 5.86. The number of carboxylic acids is 1. The first-order valence-electron chi connectivity index (χ1n) is 6.71. The summed E-state index contributed by atoms with van der Waals surface area (Å²) in [6, 6.07) is 3.93. The van der Waals surface area contributed by atoms with Crippen LogP contribution in [-0.2, 0) is 4.79 Å². The fraction of sp³-hybridized carbons (Fsp3) is 0.375. The van der Waals surface area contributed by atoms with E-state index in [0.29, 0.717) is 5.56 Å². The highest BCUT2D eigenvalue weighted by Gasteiger charge is 2.22. The Bertz CT molecular complexity index is 567. The third kappa shape index (κ3) is 4.41. The number of nitrogens with zero attached hydrogens (tertiary/aromatic N) is 1. The monoisotopic (exact) mass is 293 g/mol. The van der Waals surface area contributed by atoms with Crippen molar-refractivity contribution in [3.63, 3.8) is 0 Å². The van der Waals surface area contributed by atoms with Crippen LogP contribution in [0.25, 0.3) is 6.08 Å². The lowest BCUT2D eigenvalue weighted by Crippen LogP contribution is -2.38. The molecule has 21 heavy (non-hydrogen) atoms. The fourth-order valence-corrected chi connectivity index (χ4v) is 1.80. The van der Waals surface area contributed by atoms with E-state index in [-0.39, 0.29) is 17.5 Å². The van der Waals surface area contributed by atoms with Crippen molar-refractivity contribution in [2.24, 2.45) is 5.92 Å². The second-order valence-electron chi connectivity index (χ2n) is 5.31. The highest BCUT2D eigenvalue weighted by atomic mass is 19.1. The highest BCUT2D eigenvalue weighted by Crippen LogP contribution is 2.17. The Morgan fingerprint density at radius 1 is 1.29 bits per heavy atom. The number of hydrogen-bond acceptors (Lipinski definition) is 2. The molecule has 0 saturated heterocycles. The highest BCUT2D eigenvalue weighted by molar-refractivity contribution is 5.95. The molecule has 0 spiro atoms. The van der Waals surface area contributed by atoms with Crippen LogP contribution in [0.2, 0.25) is 0 Å². The third-order valence-electron chi connectivity index (χ3n) is 3.54. The van der Waals surface area contributed by atoms with Gasteiger partial charge in [0.1, 0.15) is 5.82 Å². The quantitative estimate of drug-likeness (QED) is 0.849. The van der Waals surface area contributed by atoms with Gasteiger partial charge in [0.2, 0.25) is 0 Å². The Labute approximate surface area is 123 Å². The molecule has 4 nitrogen and oxygen atoms in total. The van der Waals surface area contributed by atoms with Crippen molar-refractivity contribution < 1.29 is 19.1 Å². The van der Waals surface area contributed by atoms with Gasteiger partial charge in [0.25, 0.3) is 5.91 Å². The average Bonchev–Trinajstić information content (AvgIpc) is 2.43. The van der Waals surface area contributed by atoms with Crippen LogP contribution in [0.15, 0.2) is 24.3 Å². The molecule has 1 rings (SSSR count). The van der Waals surface area contributed by atoms with E-state index in [1.807, 2.05) is 20.8 Å². The summed E-state index contributed by atoms with van der Waals surface area (Å²) >= 11 is 0. The van der Waals surface area contributed by atoms with Gasteiger partial charge < -0.3 is 10.0 Å². The topological polar surface area (TPSA) is 57.6 Å². The van der Waals surface area contributed by atoms with Gasteiger partial charge in [0, 0.05) is 19.2 Å². The summed E-state index contributed by atoms with van der Waals surface area (Å²) in [7, 11) is 1.63. The minimum absolute atomic E-state index is 0.0323. The maximum absolute atomic E-state index is 13.9. The Balaban J connectivity index is 3.09. The molecule has 0 heterocycles. The number of carbonyl (C=O) groups excluding carboxylic acids is 1. The van der Waals surface area contributed by atoms with Gasteiger partial charge in [-0.3, -0.25) is 4.79 Å². The van der Waals surface area contributed by atoms with Crippen LogP contribution in [-0.4, -0.2) is 35.0 Å². The van der Waals surface area contributed by atoms with Crippen LogP contribution in [0, 0.1) is 11.7 Å². The van der Waals surface area contributed by atoms with Crippen LogP contribution in [0.1, 0.15) is 36.7 Å². The van der Waals surface area contributed by atoms with Crippen molar-refractivity contribution >= 4 is 18.0 Å². The van der Waals surface area contributed by atoms with E-state index in [1.54, 1.807) is 7.05 Å². The van der Waals surface area contributed by atoms with Gasteiger partial charge in [-0.05, 0) is 36.6 Å². The number of aliphatic carboxylic acids is 1. The number of benzene rings is 1. The summed E-state index contributed by atoms with van der Waals surface area (Å²) in [5.74, 6) is -1.88. The van der Waals surface area contributed by atoms with Crippen molar-refractivity contribution in [3.8, 4) is 0 Å². The Kier molecular flexibility index (Phi) is 5.64. The second kappa shape index (κ2) is 7.02. The summed E-state index contributed by atoms with van der Waals surface area (Å²) in [6.07, 6.45) is 2.27. The van der Waals surface area contributed by atoms with Gasteiger partial charge in [-0.1, -0.05) is 19.9 Å². The SMILES string of the molecule is CC(C)C(C)N(C)C(=O)c1cc(C=CC(=O)O)ccc1F. The van der Waals surface area contributed by atoms with Crippen molar-refractivity contribution in [1.29, 1.82) is 0 Å². The Morgan fingerprint density at radius 2 is 1.90 bits per heavy atom. The zero-order valence-corrected chi connectivity index (χ0v) is 12.6. The van der Waals surface area contributed by atoms with Crippen LogP contribution in [0.3, 0.4) is 0 Å². The molecule has 1 aromatic rings. The zero-order chi connectivity index (χ0) is 16.2. The molecule has 0 saturated carbocycles. The molecule has 0 aliphatic rings. The Morgan fingerprint density at radius 3 is 2.43 bits per heavy atom. The lowest BCUT2D eigenvalue weighted by molar-refractivity contribution is -0.131. The fourth-order valence-electron chi connectivity index (χ4n) is 1.80. The van der Waals surface area contributed by atoms with Crippen molar-refractivity contribution in [2.45, 2.75) is 26.8 Å². The Hall–Kier alpha value is -2.17. The van der Waals surface area contributed by atoms with E-state index in [9.17, 15) is 14.0 Å². The predicted molar refractivity (Wildman–Crippen MR) is 79.5 cm³/mol. The average molecular weight is 293 g/mol. The molecular weight excluding hydrogens is 273 g/mol. The van der Waals surface area contributed by atoms with E-state index < -0.39 is 17.7 Å². The summed E-state index contributed by atoms with van der Waals surface area (Å²) in [5.41, 5.74) is 0.408. The molecule has 0 aliphatic heterocycles. The summed E-state index contributed by atoms with van der Waals surface area (Å²) in [5, 5.41) is 8.59. The van der Waals surface area contributed by atoms with E-state index >= 15 is 0 Å². The predicted octanol–water partition coefficient (Wildman–Crippen LogP) is 3.04. The van der Waals surface area contributed by atoms with E-state index in [1.165, 1.54) is 29.2 Å². The van der Waals surface area contributed by atoms with Crippen LogP contribution in [0.5, 0.6) is 0 Å². The van der Waals surface area contributed by atoms with Crippen LogP contribution in [0.4, 0.5) is 4.39 Å². The van der Waals surface area contributed by atoms with Gasteiger partial charge in [0.15, 0.2) is 0 Å². The van der Waals surface area contributed by atoms with Crippen LogP contribution >= 0.6 is 0 Å². The number of carbonyl (C=O) groups is 2. The first kappa shape index (κ1) is 16.9. The molecule has 0 bridgehead atoms. The lowest BCUT2D eigenvalue weighted by Gasteiger charge is -2.28. The molecule has 1 amide bonds. The smallest absolute Gasteiger partial charge is 0.328 e. The maximum Gasteiger partial charge on any atom is 0.328 e. The first-order chi connectivity index (χ1) is 9.73. The van der Waals surface area contributed by atoms with Gasteiger partial charge in [-0.25, -0.2) is 9.18 Å². The minimum Gasteiger partial charge on any atom is -0.478 e. The molecule has 1 aromatic carbocycles. The summed E-state index contributed by atoms with van der Waals surface area (Å²) < 4.78 is 13.9. The molecule has 0 aromatic heterocycles. The van der Waals surface area contributed by atoms with E-state index in [0.717, 1.165) is 6.08 Å². The van der Waals surface area contributed by atoms with Gasteiger partial charge in [-0.15, -0.1) is 0 Å². The second-order valence-corrected chi connectivity index (χ2v) is 5.31. The maximum atomic E-state index is 13.9. The van der Waals surface area contributed by atoms with E-state index in [2.05, 4.69) is 0 Å². The largest absolute Gasteiger partial charge is 0.478 e.